The number of piperidine rings is 1. The highest BCUT2D eigenvalue weighted by atomic mass is 19.1. The zero-order valence-electron chi connectivity index (χ0n) is 18.1. The van der Waals surface area contributed by atoms with Crippen LogP contribution in [0.15, 0.2) is 72.8 Å². The molecule has 1 aliphatic heterocycles. The Hall–Kier alpha value is -3.91. The molecule has 7 nitrogen and oxygen atoms in total. The van der Waals surface area contributed by atoms with Crippen LogP contribution in [-0.4, -0.2) is 18.5 Å². The van der Waals surface area contributed by atoms with Crippen LogP contribution in [0.5, 0.6) is 0 Å². The van der Waals surface area contributed by atoms with Crippen molar-refractivity contribution in [3.05, 3.63) is 84.2 Å². The fourth-order valence-corrected chi connectivity index (χ4v) is 3.76. The fourth-order valence-electron chi connectivity index (χ4n) is 3.76. The average Bonchev–Trinajstić information content (AvgIpc) is 2.84. The molecule has 3 amide bonds. The SMILES string of the molecule is NCc1cccc(N(NC(=O)Nc2ccc(N3CCCCC3=O)cc2)c2ccc(F)cc2)c1. The van der Waals surface area contributed by atoms with Crippen LogP contribution in [0.2, 0.25) is 0 Å². The maximum atomic E-state index is 13.5. The summed E-state index contributed by atoms with van der Waals surface area (Å²) in [5.41, 5.74) is 12.1. The second-order valence-corrected chi connectivity index (χ2v) is 7.80. The lowest BCUT2D eigenvalue weighted by molar-refractivity contribution is -0.119. The zero-order valence-corrected chi connectivity index (χ0v) is 18.1. The van der Waals surface area contributed by atoms with Gasteiger partial charge >= 0.3 is 6.03 Å². The summed E-state index contributed by atoms with van der Waals surface area (Å²) < 4.78 is 13.5. The van der Waals surface area contributed by atoms with Crippen LogP contribution in [0.25, 0.3) is 0 Å². The summed E-state index contributed by atoms with van der Waals surface area (Å²) >= 11 is 0. The summed E-state index contributed by atoms with van der Waals surface area (Å²) in [7, 11) is 0. The van der Waals surface area contributed by atoms with Crippen molar-refractivity contribution in [2.45, 2.75) is 25.8 Å². The predicted octanol–water partition coefficient (Wildman–Crippen LogP) is 4.68. The van der Waals surface area contributed by atoms with Gasteiger partial charge < -0.3 is 16.0 Å². The third-order valence-electron chi connectivity index (χ3n) is 5.46. The topological polar surface area (TPSA) is 90.7 Å². The van der Waals surface area contributed by atoms with Crippen molar-refractivity contribution >= 4 is 34.7 Å². The molecule has 1 saturated heterocycles. The summed E-state index contributed by atoms with van der Waals surface area (Å²) in [6.07, 6.45) is 2.47. The van der Waals surface area contributed by atoms with E-state index in [9.17, 15) is 14.0 Å². The molecular weight excluding hydrogens is 421 g/mol. The van der Waals surface area contributed by atoms with Gasteiger partial charge in [0, 0.05) is 30.9 Å². The molecule has 0 unspecified atom stereocenters. The predicted molar refractivity (Wildman–Crippen MR) is 128 cm³/mol. The van der Waals surface area contributed by atoms with Gasteiger partial charge in [0.1, 0.15) is 5.82 Å². The Labute approximate surface area is 192 Å². The minimum Gasteiger partial charge on any atom is -0.326 e. The van der Waals surface area contributed by atoms with Crippen LogP contribution in [0.4, 0.5) is 31.9 Å². The lowest BCUT2D eigenvalue weighted by atomic mass is 10.1. The smallest absolute Gasteiger partial charge is 0.326 e. The van der Waals surface area contributed by atoms with Gasteiger partial charge in [-0.2, -0.15) is 0 Å². The molecular formula is C25H26FN5O2. The molecule has 170 valence electrons. The molecule has 33 heavy (non-hydrogen) atoms. The van der Waals surface area contributed by atoms with E-state index in [1.54, 1.807) is 34.2 Å². The third kappa shape index (κ3) is 5.48. The zero-order chi connectivity index (χ0) is 23.2. The van der Waals surface area contributed by atoms with E-state index in [1.807, 2.05) is 36.4 Å². The number of hydrogen-bond acceptors (Lipinski definition) is 4. The van der Waals surface area contributed by atoms with Gasteiger partial charge in [-0.25, -0.2) is 14.6 Å². The van der Waals surface area contributed by atoms with Crippen molar-refractivity contribution in [3.63, 3.8) is 0 Å². The number of benzene rings is 3. The quantitative estimate of drug-likeness (QED) is 0.479. The molecule has 1 heterocycles. The van der Waals surface area contributed by atoms with Gasteiger partial charge in [0.05, 0.1) is 11.4 Å². The first-order valence-corrected chi connectivity index (χ1v) is 10.9. The number of carbonyl (C=O) groups is 2. The Kier molecular flexibility index (Phi) is 6.85. The van der Waals surface area contributed by atoms with Gasteiger partial charge in [-0.15, -0.1) is 0 Å². The second-order valence-electron chi connectivity index (χ2n) is 7.80. The van der Waals surface area contributed by atoms with Crippen LogP contribution in [0.1, 0.15) is 24.8 Å². The highest BCUT2D eigenvalue weighted by Gasteiger charge is 2.19. The van der Waals surface area contributed by atoms with Gasteiger partial charge in [-0.1, -0.05) is 12.1 Å². The molecule has 1 fully saturated rings. The van der Waals surface area contributed by atoms with Gasteiger partial charge in [0.2, 0.25) is 5.91 Å². The minimum atomic E-state index is -0.473. The number of hydrogen-bond donors (Lipinski definition) is 3. The summed E-state index contributed by atoms with van der Waals surface area (Å²) in [5.74, 6) is -0.250. The Morgan fingerprint density at radius 3 is 2.45 bits per heavy atom. The van der Waals surface area contributed by atoms with E-state index in [0.717, 1.165) is 24.1 Å². The minimum absolute atomic E-state index is 0.120. The first-order chi connectivity index (χ1) is 16.0. The molecule has 4 rings (SSSR count). The summed E-state index contributed by atoms with van der Waals surface area (Å²) in [6, 6.07) is 19.9. The molecule has 4 N–H and O–H groups in total. The van der Waals surface area contributed by atoms with Gasteiger partial charge in [-0.05, 0) is 79.1 Å². The summed E-state index contributed by atoms with van der Waals surface area (Å²) in [5, 5.41) is 4.36. The molecule has 0 radical (unpaired) electrons. The van der Waals surface area contributed by atoms with Gasteiger partial charge in [-0.3, -0.25) is 9.80 Å². The lowest BCUT2D eigenvalue weighted by Gasteiger charge is -2.27. The average molecular weight is 448 g/mol. The molecule has 1 aliphatic rings. The Morgan fingerprint density at radius 1 is 1.00 bits per heavy atom. The third-order valence-corrected chi connectivity index (χ3v) is 5.46. The molecule has 0 aliphatic carbocycles. The molecule has 3 aromatic rings. The molecule has 3 aromatic carbocycles. The Bertz CT molecular complexity index is 1120. The monoisotopic (exact) mass is 447 g/mol. The van der Waals surface area contributed by atoms with E-state index in [0.29, 0.717) is 36.6 Å². The van der Waals surface area contributed by atoms with Crippen LogP contribution in [0.3, 0.4) is 0 Å². The Balaban J connectivity index is 1.49. The van der Waals surface area contributed by atoms with Crippen molar-refractivity contribution < 1.29 is 14.0 Å². The number of rotatable bonds is 6. The number of hydrazine groups is 1. The number of halogens is 1. The standard InChI is InChI=1S/C25H26FN5O2/c26-19-7-11-22(12-8-19)31(23-5-3-4-18(16-23)17-27)29-25(33)28-20-9-13-21(14-10-20)30-15-2-1-6-24(30)32/h3-5,7-14,16H,1-2,6,15,17,27H2,(H2,28,29,33). The van der Waals surface area contributed by atoms with Crippen molar-refractivity contribution in [1.82, 2.24) is 5.43 Å². The van der Waals surface area contributed by atoms with Crippen LogP contribution >= 0.6 is 0 Å². The maximum absolute atomic E-state index is 13.5. The summed E-state index contributed by atoms with van der Waals surface area (Å²) in [4.78, 5) is 26.7. The van der Waals surface area contributed by atoms with Crippen molar-refractivity contribution in [3.8, 4) is 0 Å². The van der Waals surface area contributed by atoms with E-state index in [-0.39, 0.29) is 11.7 Å². The second kappa shape index (κ2) is 10.1. The molecule has 0 spiro atoms. The van der Waals surface area contributed by atoms with E-state index >= 15 is 0 Å². The highest BCUT2D eigenvalue weighted by molar-refractivity contribution is 5.95. The maximum Gasteiger partial charge on any atom is 0.338 e. The fraction of sp³-hybridized carbons (Fsp3) is 0.200. The van der Waals surface area contributed by atoms with Crippen LogP contribution in [0, 0.1) is 5.82 Å². The molecule has 0 bridgehead atoms. The van der Waals surface area contributed by atoms with Gasteiger partial charge in [0.25, 0.3) is 0 Å². The van der Waals surface area contributed by atoms with Gasteiger partial charge in [0.15, 0.2) is 0 Å². The molecule has 0 aromatic heterocycles. The normalized spacial score (nSPS) is 13.5. The highest BCUT2D eigenvalue weighted by Crippen LogP contribution is 2.25. The van der Waals surface area contributed by atoms with Crippen molar-refractivity contribution in [1.29, 1.82) is 0 Å². The number of amides is 3. The molecule has 0 atom stereocenters. The van der Waals surface area contributed by atoms with E-state index in [4.69, 9.17) is 5.73 Å². The number of carbonyl (C=O) groups excluding carboxylic acids is 2. The molecule has 8 heteroatoms. The van der Waals surface area contributed by atoms with Crippen molar-refractivity contribution in [2.24, 2.45) is 5.73 Å². The van der Waals surface area contributed by atoms with E-state index in [2.05, 4.69) is 10.7 Å². The molecule has 0 saturated carbocycles. The number of nitrogens with two attached hydrogens (primary N) is 1. The van der Waals surface area contributed by atoms with Crippen LogP contribution in [-0.2, 0) is 11.3 Å². The van der Waals surface area contributed by atoms with E-state index in [1.165, 1.54) is 12.1 Å². The summed E-state index contributed by atoms with van der Waals surface area (Å²) in [6.45, 7) is 1.06. The number of nitrogens with one attached hydrogen (secondary N) is 2. The first kappa shape index (κ1) is 22.3. The van der Waals surface area contributed by atoms with Crippen LogP contribution < -0.4 is 26.4 Å². The first-order valence-electron chi connectivity index (χ1n) is 10.9. The number of anilines is 4. The van der Waals surface area contributed by atoms with E-state index < -0.39 is 6.03 Å². The number of nitrogens with zero attached hydrogens (tertiary/aromatic N) is 2. The largest absolute Gasteiger partial charge is 0.338 e. The number of urea groups is 1. The lowest BCUT2D eigenvalue weighted by Crippen LogP contribution is -2.41. The Morgan fingerprint density at radius 2 is 1.76 bits per heavy atom. The van der Waals surface area contributed by atoms with Crippen molar-refractivity contribution in [2.75, 3.05) is 21.8 Å².